The first-order valence-electron chi connectivity index (χ1n) is 5.42. The van der Waals surface area contributed by atoms with Crippen LogP contribution in [0, 0.1) is 0 Å². The summed E-state index contributed by atoms with van der Waals surface area (Å²) in [6, 6.07) is -0.237. The lowest BCUT2D eigenvalue weighted by Gasteiger charge is -2.29. The third kappa shape index (κ3) is 4.89. The second-order valence-corrected chi connectivity index (χ2v) is 4.06. The fourth-order valence-electron chi connectivity index (χ4n) is 1.33. The van der Waals surface area contributed by atoms with Gasteiger partial charge in [0.15, 0.2) is 0 Å². The van der Waals surface area contributed by atoms with Gasteiger partial charge < -0.3 is 26.4 Å². The van der Waals surface area contributed by atoms with Crippen LogP contribution in [0.5, 0.6) is 0 Å². The van der Waals surface area contributed by atoms with Gasteiger partial charge in [-0.3, -0.25) is 4.79 Å². The van der Waals surface area contributed by atoms with Crippen molar-refractivity contribution in [3.8, 4) is 0 Å². The van der Waals surface area contributed by atoms with Crippen LogP contribution in [0.4, 0.5) is 0 Å². The summed E-state index contributed by atoms with van der Waals surface area (Å²) in [4.78, 5) is 11.5. The molecule has 6 N–H and O–H groups in total. The Morgan fingerprint density at radius 2 is 1.81 bits per heavy atom. The molecular weight excluding hydrogens is 212 g/mol. The normalized spacial score (nSPS) is 13.6. The van der Waals surface area contributed by atoms with Crippen molar-refractivity contribution < 1.29 is 20.1 Å². The zero-order valence-corrected chi connectivity index (χ0v) is 9.65. The summed E-state index contributed by atoms with van der Waals surface area (Å²) < 4.78 is 0. The SMILES string of the molecule is CCCC(N)CC(=O)NC(CO)(CO)CO. The van der Waals surface area contributed by atoms with Gasteiger partial charge in [-0.25, -0.2) is 0 Å². The van der Waals surface area contributed by atoms with Gasteiger partial charge in [0, 0.05) is 12.5 Å². The number of amides is 1. The van der Waals surface area contributed by atoms with Crippen LogP contribution in [0.1, 0.15) is 26.2 Å². The summed E-state index contributed by atoms with van der Waals surface area (Å²) in [5, 5.41) is 29.4. The number of aliphatic hydroxyl groups excluding tert-OH is 3. The molecule has 0 aliphatic rings. The zero-order valence-electron chi connectivity index (χ0n) is 9.65. The number of nitrogens with one attached hydrogen (secondary N) is 1. The van der Waals surface area contributed by atoms with Crippen molar-refractivity contribution in [3.63, 3.8) is 0 Å². The highest BCUT2D eigenvalue weighted by Gasteiger charge is 2.30. The van der Waals surface area contributed by atoms with Gasteiger partial charge in [-0.1, -0.05) is 13.3 Å². The van der Waals surface area contributed by atoms with E-state index >= 15 is 0 Å². The van der Waals surface area contributed by atoms with Gasteiger partial charge in [-0.15, -0.1) is 0 Å². The number of carbonyl (C=O) groups excluding carboxylic acids is 1. The minimum absolute atomic E-state index is 0.121. The lowest BCUT2D eigenvalue weighted by atomic mass is 10.0. The Kier molecular flexibility index (Phi) is 7.24. The molecule has 16 heavy (non-hydrogen) atoms. The van der Waals surface area contributed by atoms with Crippen molar-refractivity contribution in [2.24, 2.45) is 5.73 Å². The Bertz CT molecular complexity index is 199. The minimum atomic E-state index is -1.36. The van der Waals surface area contributed by atoms with Crippen molar-refractivity contribution >= 4 is 5.91 Å². The Morgan fingerprint density at radius 3 is 2.19 bits per heavy atom. The molecule has 0 aliphatic carbocycles. The maximum Gasteiger partial charge on any atom is 0.222 e. The third-order valence-corrected chi connectivity index (χ3v) is 2.42. The molecule has 1 amide bonds. The zero-order chi connectivity index (χ0) is 12.6. The van der Waals surface area contributed by atoms with Crippen LogP contribution in [-0.2, 0) is 4.79 Å². The van der Waals surface area contributed by atoms with Gasteiger partial charge in [0.05, 0.1) is 19.8 Å². The van der Waals surface area contributed by atoms with Crippen LogP contribution in [-0.4, -0.2) is 52.6 Å². The Labute approximate surface area is 95.5 Å². The lowest BCUT2D eigenvalue weighted by Crippen LogP contribution is -2.57. The average molecular weight is 234 g/mol. The molecule has 0 saturated carbocycles. The summed E-state index contributed by atoms with van der Waals surface area (Å²) in [6.45, 7) is 0.412. The van der Waals surface area contributed by atoms with E-state index in [-0.39, 0.29) is 18.4 Å². The molecule has 6 heteroatoms. The quantitative estimate of drug-likeness (QED) is 0.344. The van der Waals surface area contributed by atoms with Gasteiger partial charge in [-0.05, 0) is 6.42 Å². The minimum Gasteiger partial charge on any atom is -0.394 e. The Morgan fingerprint density at radius 1 is 1.31 bits per heavy atom. The first-order chi connectivity index (χ1) is 7.53. The molecule has 0 radical (unpaired) electrons. The lowest BCUT2D eigenvalue weighted by molar-refractivity contribution is -0.125. The van der Waals surface area contributed by atoms with E-state index in [1.807, 2.05) is 6.92 Å². The molecule has 1 unspecified atom stereocenters. The third-order valence-electron chi connectivity index (χ3n) is 2.42. The predicted octanol–water partition coefficient (Wildman–Crippen LogP) is -1.66. The van der Waals surface area contributed by atoms with Gasteiger partial charge in [0.25, 0.3) is 0 Å². The Hall–Kier alpha value is -0.690. The molecule has 0 aromatic heterocycles. The molecular formula is C10H22N2O4. The molecule has 0 saturated heterocycles. The van der Waals surface area contributed by atoms with Crippen molar-refractivity contribution in [3.05, 3.63) is 0 Å². The maximum absolute atomic E-state index is 11.5. The summed E-state index contributed by atoms with van der Waals surface area (Å²) in [5.74, 6) is -0.377. The molecule has 1 atom stereocenters. The number of carbonyl (C=O) groups is 1. The van der Waals surface area contributed by atoms with Crippen LogP contribution >= 0.6 is 0 Å². The molecule has 0 rings (SSSR count). The standard InChI is InChI=1S/C10H22N2O4/c1-2-3-8(11)4-9(16)12-10(5-13,6-14)7-15/h8,13-15H,2-7,11H2,1H3,(H,12,16). The van der Waals surface area contributed by atoms with Crippen molar-refractivity contribution in [2.45, 2.75) is 37.8 Å². The van der Waals surface area contributed by atoms with Crippen LogP contribution in [0.3, 0.4) is 0 Å². The number of aliphatic hydroxyl groups is 3. The second-order valence-electron chi connectivity index (χ2n) is 4.06. The monoisotopic (exact) mass is 234 g/mol. The number of nitrogens with two attached hydrogens (primary N) is 1. The highest BCUT2D eigenvalue weighted by molar-refractivity contribution is 5.77. The second kappa shape index (κ2) is 7.56. The number of rotatable bonds is 8. The van der Waals surface area contributed by atoms with Crippen molar-refractivity contribution in [2.75, 3.05) is 19.8 Å². The molecule has 96 valence electrons. The molecule has 0 heterocycles. The molecule has 0 aliphatic heterocycles. The molecule has 0 aromatic rings. The van der Waals surface area contributed by atoms with Gasteiger partial charge in [-0.2, -0.15) is 0 Å². The topological polar surface area (TPSA) is 116 Å². The fraction of sp³-hybridized carbons (Fsp3) is 0.900. The number of hydrogen-bond acceptors (Lipinski definition) is 5. The van der Waals surface area contributed by atoms with Crippen LogP contribution in [0.15, 0.2) is 0 Å². The van der Waals surface area contributed by atoms with E-state index in [0.717, 1.165) is 12.8 Å². The van der Waals surface area contributed by atoms with E-state index in [1.165, 1.54) is 0 Å². The highest BCUT2D eigenvalue weighted by atomic mass is 16.3. The molecule has 6 nitrogen and oxygen atoms in total. The maximum atomic E-state index is 11.5. The van der Waals surface area contributed by atoms with Gasteiger partial charge in [0.1, 0.15) is 5.54 Å². The fourth-order valence-corrected chi connectivity index (χ4v) is 1.33. The summed E-state index contributed by atoms with van der Waals surface area (Å²) in [7, 11) is 0. The van der Waals surface area contributed by atoms with Crippen LogP contribution in [0.25, 0.3) is 0 Å². The van der Waals surface area contributed by atoms with Gasteiger partial charge >= 0.3 is 0 Å². The van der Waals surface area contributed by atoms with E-state index in [0.29, 0.717) is 0 Å². The van der Waals surface area contributed by atoms with E-state index in [9.17, 15) is 4.79 Å². The van der Waals surface area contributed by atoms with Crippen molar-refractivity contribution in [1.82, 2.24) is 5.32 Å². The summed E-state index contributed by atoms with van der Waals surface area (Å²) in [5.41, 5.74) is 4.32. The summed E-state index contributed by atoms with van der Waals surface area (Å²) in [6.07, 6.45) is 1.74. The van der Waals surface area contributed by atoms with E-state index in [1.54, 1.807) is 0 Å². The van der Waals surface area contributed by atoms with Gasteiger partial charge in [0.2, 0.25) is 5.91 Å². The smallest absolute Gasteiger partial charge is 0.222 e. The first-order valence-corrected chi connectivity index (χ1v) is 5.42. The summed E-state index contributed by atoms with van der Waals surface area (Å²) >= 11 is 0. The van der Waals surface area contributed by atoms with E-state index in [4.69, 9.17) is 21.1 Å². The van der Waals surface area contributed by atoms with Crippen LogP contribution in [0.2, 0.25) is 0 Å². The molecule has 0 spiro atoms. The average Bonchev–Trinajstić information content (AvgIpc) is 2.26. The molecule has 0 bridgehead atoms. The Balaban J connectivity index is 4.20. The largest absolute Gasteiger partial charge is 0.394 e. The van der Waals surface area contributed by atoms with Crippen molar-refractivity contribution in [1.29, 1.82) is 0 Å². The highest BCUT2D eigenvalue weighted by Crippen LogP contribution is 2.04. The first kappa shape index (κ1) is 15.3. The number of hydrogen-bond donors (Lipinski definition) is 5. The predicted molar refractivity (Wildman–Crippen MR) is 59.6 cm³/mol. The van der Waals surface area contributed by atoms with E-state index < -0.39 is 25.4 Å². The van der Waals surface area contributed by atoms with Crippen LogP contribution < -0.4 is 11.1 Å². The molecule has 0 aromatic carbocycles. The molecule has 0 fully saturated rings. The van der Waals surface area contributed by atoms with E-state index in [2.05, 4.69) is 5.32 Å².